The van der Waals surface area contributed by atoms with E-state index in [1.54, 1.807) is 7.11 Å². The first kappa shape index (κ1) is 21.3. The zero-order valence-electron chi connectivity index (χ0n) is 14.3. The van der Waals surface area contributed by atoms with Crippen LogP contribution in [0.2, 0.25) is 5.02 Å². The highest BCUT2D eigenvalue weighted by Crippen LogP contribution is 2.19. The lowest BCUT2D eigenvalue weighted by atomic mass is 10.2. The number of benzene rings is 1. The zero-order chi connectivity index (χ0) is 16.5. The van der Waals surface area contributed by atoms with Gasteiger partial charge < -0.3 is 20.3 Å². The zero-order valence-corrected chi connectivity index (χ0v) is 17.4. The normalized spacial score (nSPS) is 15.3. The predicted octanol–water partition coefficient (Wildman–Crippen LogP) is 3.21. The lowest BCUT2D eigenvalue weighted by Crippen LogP contribution is -2.51. The number of hydrogen-bond donors (Lipinski definition) is 1. The average molecular weight is 467 g/mol. The van der Waals surface area contributed by atoms with E-state index in [2.05, 4.69) is 26.9 Å². The molecular formula is C17H28ClIN4O. The molecule has 0 unspecified atom stereocenters. The van der Waals surface area contributed by atoms with Gasteiger partial charge in [0.05, 0.1) is 0 Å². The summed E-state index contributed by atoms with van der Waals surface area (Å²) in [6, 6.07) is 8.00. The van der Waals surface area contributed by atoms with Crippen molar-refractivity contribution in [1.29, 1.82) is 0 Å². The Labute approximate surface area is 167 Å². The molecule has 1 aromatic rings. The number of aliphatic imine (C=N–C) groups is 1. The van der Waals surface area contributed by atoms with Crippen LogP contribution in [0.5, 0.6) is 0 Å². The van der Waals surface area contributed by atoms with E-state index in [0.29, 0.717) is 5.96 Å². The van der Waals surface area contributed by atoms with Crippen LogP contribution in [0.25, 0.3) is 0 Å². The number of methoxy groups -OCH3 is 1. The van der Waals surface area contributed by atoms with Gasteiger partial charge in [0.2, 0.25) is 0 Å². The van der Waals surface area contributed by atoms with Gasteiger partial charge in [0.25, 0.3) is 0 Å². The van der Waals surface area contributed by atoms with Crippen LogP contribution in [0, 0.1) is 0 Å². The van der Waals surface area contributed by atoms with Crippen molar-refractivity contribution in [2.45, 2.75) is 19.3 Å². The van der Waals surface area contributed by atoms with Gasteiger partial charge in [-0.15, -0.1) is 24.0 Å². The molecule has 1 heterocycles. The molecule has 0 saturated carbocycles. The van der Waals surface area contributed by atoms with Crippen LogP contribution in [0.1, 0.15) is 19.3 Å². The summed E-state index contributed by atoms with van der Waals surface area (Å²) >= 11 is 5.94. The van der Waals surface area contributed by atoms with Crippen LogP contribution in [-0.4, -0.2) is 57.3 Å². The first-order chi connectivity index (χ1) is 11.2. The Morgan fingerprint density at radius 3 is 2.42 bits per heavy atom. The van der Waals surface area contributed by atoms with Crippen molar-refractivity contribution < 1.29 is 4.74 Å². The first-order valence-corrected chi connectivity index (χ1v) is 8.63. The van der Waals surface area contributed by atoms with Gasteiger partial charge in [0.1, 0.15) is 0 Å². The first-order valence-electron chi connectivity index (χ1n) is 8.25. The summed E-state index contributed by atoms with van der Waals surface area (Å²) in [7, 11) is 1.74. The van der Waals surface area contributed by atoms with Gasteiger partial charge in [0, 0.05) is 57.2 Å². The van der Waals surface area contributed by atoms with Crippen molar-refractivity contribution >= 4 is 47.2 Å². The van der Waals surface area contributed by atoms with Crippen molar-refractivity contribution in [1.82, 2.24) is 4.90 Å². The van der Waals surface area contributed by atoms with Crippen LogP contribution >= 0.6 is 35.6 Å². The van der Waals surface area contributed by atoms with Gasteiger partial charge in [0.15, 0.2) is 5.96 Å². The summed E-state index contributed by atoms with van der Waals surface area (Å²) in [4.78, 5) is 9.02. The summed E-state index contributed by atoms with van der Waals surface area (Å²) in [6.45, 7) is 5.33. The van der Waals surface area contributed by atoms with E-state index in [-0.39, 0.29) is 24.0 Å². The van der Waals surface area contributed by atoms with Crippen molar-refractivity contribution in [2.24, 2.45) is 10.7 Å². The highest BCUT2D eigenvalue weighted by molar-refractivity contribution is 14.0. The van der Waals surface area contributed by atoms with Crippen molar-refractivity contribution in [3.05, 3.63) is 29.3 Å². The van der Waals surface area contributed by atoms with E-state index >= 15 is 0 Å². The third kappa shape index (κ3) is 7.03. The molecule has 1 aromatic carbocycles. The molecule has 0 spiro atoms. The molecule has 0 radical (unpaired) electrons. The van der Waals surface area contributed by atoms with Crippen LogP contribution in [0.3, 0.4) is 0 Å². The third-order valence-electron chi connectivity index (χ3n) is 4.08. The van der Waals surface area contributed by atoms with Crippen molar-refractivity contribution in [2.75, 3.05) is 51.3 Å². The summed E-state index contributed by atoms with van der Waals surface area (Å²) in [6.07, 6.45) is 3.29. The maximum absolute atomic E-state index is 6.11. The van der Waals surface area contributed by atoms with E-state index in [1.165, 1.54) is 5.69 Å². The topological polar surface area (TPSA) is 54.1 Å². The van der Waals surface area contributed by atoms with Gasteiger partial charge in [-0.05, 0) is 43.5 Å². The van der Waals surface area contributed by atoms with Crippen molar-refractivity contribution in [3.8, 4) is 0 Å². The standard InChI is InChI=1S/C17H27ClN4O.HI/c1-23-14-4-2-3-9-20-17(19)22-12-10-21(11-13-22)16-7-5-15(18)6-8-16;/h5-8H,2-4,9-14H2,1H3,(H2,19,20);1H. The van der Waals surface area contributed by atoms with Crippen LogP contribution in [0.15, 0.2) is 29.3 Å². The molecule has 0 atom stereocenters. The minimum absolute atomic E-state index is 0. The fourth-order valence-electron chi connectivity index (χ4n) is 2.67. The Morgan fingerprint density at radius 2 is 1.79 bits per heavy atom. The highest BCUT2D eigenvalue weighted by atomic mass is 127. The molecule has 5 nitrogen and oxygen atoms in total. The smallest absolute Gasteiger partial charge is 0.191 e. The maximum atomic E-state index is 6.11. The summed E-state index contributed by atoms with van der Waals surface area (Å²) in [5.41, 5.74) is 7.32. The summed E-state index contributed by atoms with van der Waals surface area (Å²) in [5.74, 6) is 0.674. The molecule has 24 heavy (non-hydrogen) atoms. The fourth-order valence-corrected chi connectivity index (χ4v) is 2.80. The molecule has 1 saturated heterocycles. The van der Waals surface area contributed by atoms with Crippen LogP contribution < -0.4 is 10.6 Å². The second-order valence-electron chi connectivity index (χ2n) is 5.74. The maximum Gasteiger partial charge on any atom is 0.191 e. The summed E-state index contributed by atoms with van der Waals surface area (Å²) in [5, 5.41) is 0.772. The van der Waals surface area contributed by atoms with Crippen LogP contribution in [-0.2, 0) is 4.74 Å². The van der Waals surface area contributed by atoms with E-state index in [0.717, 1.165) is 63.6 Å². The molecule has 0 aliphatic carbocycles. The lowest BCUT2D eigenvalue weighted by molar-refractivity contribution is 0.192. The van der Waals surface area contributed by atoms with E-state index in [4.69, 9.17) is 22.1 Å². The second-order valence-corrected chi connectivity index (χ2v) is 6.18. The molecule has 7 heteroatoms. The number of nitrogens with two attached hydrogens (primary N) is 1. The van der Waals surface area contributed by atoms with Crippen LogP contribution in [0.4, 0.5) is 5.69 Å². The molecule has 136 valence electrons. The Hall–Kier alpha value is -0.730. The van der Waals surface area contributed by atoms with Gasteiger partial charge in [-0.1, -0.05) is 11.6 Å². The predicted molar refractivity (Wildman–Crippen MR) is 113 cm³/mol. The molecular weight excluding hydrogens is 439 g/mol. The minimum Gasteiger partial charge on any atom is -0.385 e. The number of unbranched alkanes of at least 4 members (excludes halogenated alkanes) is 2. The molecule has 2 rings (SSSR count). The minimum atomic E-state index is 0. The molecule has 2 N–H and O–H groups in total. The third-order valence-corrected chi connectivity index (χ3v) is 4.33. The monoisotopic (exact) mass is 466 g/mol. The fraction of sp³-hybridized carbons (Fsp3) is 0.588. The Morgan fingerprint density at radius 1 is 1.12 bits per heavy atom. The number of ether oxygens (including phenoxy) is 1. The molecule has 1 aliphatic rings. The van der Waals surface area contributed by atoms with Gasteiger partial charge in [-0.2, -0.15) is 0 Å². The van der Waals surface area contributed by atoms with E-state index in [1.807, 2.05) is 12.1 Å². The molecule has 0 aromatic heterocycles. The number of nitrogens with zero attached hydrogens (tertiary/aromatic N) is 3. The molecule has 0 amide bonds. The number of halogens is 2. The Balaban J connectivity index is 0.00000288. The highest BCUT2D eigenvalue weighted by Gasteiger charge is 2.18. The van der Waals surface area contributed by atoms with E-state index < -0.39 is 0 Å². The largest absolute Gasteiger partial charge is 0.385 e. The van der Waals surface area contributed by atoms with Gasteiger partial charge in [-0.25, -0.2) is 0 Å². The second kappa shape index (κ2) is 11.8. The number of piperazine rings is 1. The molecule has 0 bridgehead atoms. The SMILES string of the molecule is COCCCCCN=C(N)N1CCN(c2ccc(Cl)cc2)CC1.I. The Kier molecular flexibility index (Phi) is 10.4. The average Bonchev–Trinajstić information content (AvgIpc) is 2.58. The number of anilines is 1. The van der Waals surface area contributed by atoms with E-state index in [9.17, 15) is 0 Å². The number of hydrogen-bond acceptors (Lipinski definition) is 3. The quantitative estimate of drug-likeness (QED) is 0.290. The Bertz CT molecular complexity index is 490. The van der Waals surface area contributed by atoms with Gasteiger partial charge in [-0.3, -0.25) is 4.99 Å². The summed E-state index contributed by atoms with van der Waals surface area (Å²) < 4.78 is 5.04. The molecule has 1 fully saturated rings. The lowest BCUT2D eigenvalue weighted by Gasteiger charge is -2.36. The van der Waals surface area contributed by atoms with Gasteiger partial charge >= 0.3 is 0 Å². The van der Waals surface area contributed by atoms with Crippen molar-refractivity contribution in [3.63, 3.8) is 0 Å². The number of guanidine groups is 1. The number of rotatable bonds is 7. The molecule has 1 aliphatic heterocycles.